The number of nitrogens with one attached hydrogen (secondary N) is 1. The number of Topliss-reactive ketones (excluding diaryl/α,β-unsaturated/α-hetero) is 1. The predicted octanol–water partition coefficient (Wildman–Crippen LogP) is 4.66. The molecule has 1 aliphatic rings. The average Bonchev–Trinajstić information content (AvgIpc) is 3.17. The van der Waals surface area contributed by atoms with Gasteiger partial charge in [-0.2, -0.15) is 0 Å². The Bertz CT molecular complexity index is 991. The minimum absolute atomic E-state index is 0.00299. The van der Waals surface area contributed by atoms with Crippen molar-refractivity contribution >= 4 is 17.4 Å². The third kappa shape index (κ3) is 4.04. The number of anilines is 1. The number of hydrogen-bond acceptors (Lipinski definition) is 4. The molecule has 0 aliphatic heterocycles. The molecule has 1 heterocycles. The second-order valence-electron chi connectivity index (χ2n) is 7.62. The van der Waals surface area contributed by atoms with Crippen LogP contribution in [0.25, 0.3) is 0 Å². The number of aryl methyl sites for hydroxylation is 4. The van der Waals surface area contributed by atoms with Gasteiger partial charge in [-0.15, -0.1) is 0 Å². The van der Waals surface area contributed by atoms with Crippen LogP contribution in [-0.2, 0) is 32.1 Å². The number of rotatable bonds is 7. The highest BCUT2D eigenvalue weighted by Crippen LogP contribution is 2.27. The topological polar surface area (TPSA) is 76.4 Å². The monoisotopic (exact) mass is 395 g/mol. The van der Waals surface area contributed by atoms with Gasteiger partial charge in [0.1, 0.15) is 17.1 Å². The molecule has 29 heavy (non-hydrogen) atoms. The molecule has 0 atom stereocenters. The Morgan fingerprint density at radius 1 is 1.07 bits per heavy atom. The number of amides is 1. The summed E-state index contributed by atoms with van der Waals surface area (Å²) in [6, 6.07) is 3.66. The molecule has 0 saturated carbocycles. The van der Waals surface area contributed by atoms with Crippen molar-refractivity contribution in [3.05, 3.63) is 61.7 Å². The van der Waals surface area contributed by atoms with Crippen molar-refractivity contribution in [3.8, 4) is 0 Å². The van der Waals surface area contributed by atoms with E-state index in [0.29, 0.717) is 48.3 Å². The number of carbonyl (C=O) groups is 2. The van der Waals surface area contributed by atoms with Gasteiger partial charge in [-0.25, -0.2) is 0 Å². The molecule has 1 aromatic heterocycles. The zero-order valence-corrected chi connectivity index (χ0v) is 17.7. The molecule has 2 aromatic rings. The van der Waals surface area contributed by atoms with E-state index in [1.807, 2.05) is 32.9 Å². The summed E-state index contributed by atoms with van der Waals surface area (Å²) in [4.78, 5) is 38.2. The fourth-order valence-electron chi connectivity index (χ4n) is 4.04. The van der Waals surface area contributed by atoms with E-state index in [1.54, 1.807) is 6.92 Å². The molecular weight excluding hydrogens is 366 g/mol. The lowest BCUT2D eigenvalue weighted by atomic mass is 9.97. The Balaban J connectivity index is 2.08. The molecule has 0 bridgehead atoms. The SMILES string of the molecule is CCCc1oc2c(c(=O)c1C(=O)Nc1c(CC)cc(C(C)=O)cc1CC)CCC2. The van der Waals surface area contributed by atoms with Crippen molar-refractivity contribution in [2.75, 3.05) is 5.32 Å². The molecule has 0 unspecified atom stereocenters. The van der Waals surface area contributed by atoms with Crippen LogP contribution in [0.1, 0.15) is 89.5 Å². The molecule has 3 rings (SSSR count). The highest BCUT2D eigenvalue weighted by molar-refractivity contribution is 6.06. The van der Waals surface area contributed by atoms with Gasteiger partial charge in [0, 0.05) is 29.7 Å². The normalized spacial score (nSPS) is 12.7. The molecule has 0 spiro atoms. The lowest BCUT2D eigenvalue weighted by molar-refractivity contribution is 0.101. The van der Waals surface area contributed by atoms with Crippen molar-refractivity contribution in [2.45, 2.75) is 72.6 Å². The largest absolute Gasteiger partial charge is 0.465 e. The van der Waals surface area contributed by atoms with Crippen molar-refractivity contribution < 1.29 is 14.0 Å². The zero-order chi connectivity index (χ0) is 21.1. The molecule has 5 nitrogen and oxygen atoms in total. The van der Waals surface area contributed by atoms with Crippen molar-refractivity contribution in [2.24, 2.45) is 0 Å². The summed E-state index contributed by atoms with van der Waals surface area (Å²) in [6.07, 6.45) is 4.99. The Kier molecular flexibility index (Phi) is 6.36. The number of benzene rings is 1. The van der Waals surface area contributed by atoms with Gasteiger partial charge in [-0.05, 0) is 62.3 Å². The first-order chi connectivity index (χ1) is 13.9. The number of carbonyl (C=O) groups excluding carboxylic acids is 2. The predicted molar refractivity (Wildman–Crippen MR) is 114 cm³/mol. The summed E-state index contributed by atoms with van der Waals surface area (Å²) >= 11 is 0. The van der Waals surface area contributed by atoms with Crippen LogP contribution in [0.3, 0.4) is 0 Å². The summed E-state index contributed by atoms with van der Waals surface area (Å²) in [7, 11) is 0. The third-order valence-electron chi connectivity index (χ3n) is 5.61. The number of fused-ring (bicyclic) bond motifs is 1. The average molecular weight is 395 g/mol. The maximum atomic E-state index is 13.2. The van der Waals surface area contributed by atoms with Crippen LogP contribution in [0.2, 0.25) is 0 Å². The van der Waals surface area contributed by atoms with Crippen LogP contribution in [0.4, 0.5) is 5.69 Å². The first-order valence-corrected chi connectivity index (χ1v) is 10.6. The molecule has 154 valence electrons. The van der Waals surface area contributed by atoms with Crippen LogP contribution in [0, 0.1) is 0 Å². The first-order valence-electron chi connectivity index (χ1n) is 10.6. The van der Waals surface area contributed by atoms with Crippen LogP contribution < -0.4 is 10.7 Å². The van der Waals surface area contributed by atoms with Gasteiger partial charge in [-0.3, -0.25) is 14.4 Å². The van der Waals surface area contributed by atoms with Crippen LogP contribution in [-0.4, -0.2) is 11.7 Å². The summed E-state index contributed by atoms with van der Waals surface area (Å²) in [5.74, 6) is 0.796. The summed E-state index contributed by atoms with van der Waals surface area (Å²) in [5, 5.41) is 2.98. The maximum absolute atomic E-state index is 13.2. The Morgan fingerprint density at radius 3 is 2.28 bits per heavy atom. The van der Waals surface area contributed by atoms with Gasteiger partial charge in [0.05, 0.1) is 0 Å². The van der Waals surface area contributed by atoms with E-state index < -0.39 is 5.91 Å². The van der Waals surface area contributed by atoms with Crippen LogP contribution in [0.5, 0.6) is 0 Å². The van der Waals surface area contributed by atoms with Gasteiger partial charge in [0.2, 0.25) is 5.43 Å². The van der Waals surface area contributed by atoms with Gasteiger partial charge in [0.25, 0.3) is 5.91 Å². The fraction of sp³-hybridized carbons (Fsp3) is 0.458. The zero-order valence-electron chi connectivity index (χ0n) is 17.7. The second kappa shape index (κ2) is 8.76. The van der Waals surface area contributed by atoms with E-state index in [2.05, 4.69) is 5.32 Å². The van der Waals surface area contributed by atoms with Gasteiger partial charge >= 0.3 is 0 Å². The summed E-state index contributed by atoms with van der Waals surface area (Å²) < 4.78 is 5.99. The van der Waals surface area contributed by atoms with Crippen LogP contribution in [0.15, 0.2) is 21.3 Å². The lowest BCUT2D eigenvalue weighted by Crippen LogP contribution is -2.27. The molecule has 0 saturated heterocycles. The fourth-order valence-corrected chi connectivity index (χ4v) is 4.04. The molecule has 1 amide bonds. The molecular formula is C24H29NO4. The Hall–Kier alpha value is -2.69. The van der Waals surface area contributed by atoms with E-state index in [-0.39, 0.29) is 16.8 Å². The van der Waals surface area contributed by atoms with E-state index in [0.717, 1.165) is 36.1 Å². The van der Waals surface area contributed by atoms with Crippen molar-refractivity contribution in [3.63, 3.8) is 0 Å². The molecule has 1 aromatic carbocycles. The molecule has 1 N–H and O–H groups in total. The van der Waals surface area contributed by atoms with E-state index >= 15 is 0 Å². The smallest absolute Gasteiger partial charge is 0.263 e. The second-order valence-corrected chi connectivity index (χ2v) is 7.62. The van der Waals surface area contributed by atoms with Crippen molar-refractivity contribution in [1.82, 2.24) is 0 Å². The van der Waals surface area contributed by atoms with Crippen molar-refractivity contribution in [1.29, 1.82) is 0 Å². The minimum atomic E-state index is -0.420. The van der Waals surface area contributed by atoms with Gasteiger partial charge < -0.3 is 9.73 Å². The molecule has 1 aliphatic carbocycles. The van der Waals surface area contributed by atoms with E-state index in [4.69, 9.17) is 4.42 Å². The van der Waals surface area contributed by atoms with Gasteiger partial charge in [0.15, 0.2) is 5.78 Å². The number of ketones is 1. The molecule has 5 heteroatoms. The first kappa shape index (κ1) is 21.0. The number of hydrogen-bond donors (Lipinski definition) is 1. The molecule has 0 radical (unpaired) electrons. The molecule has 0 fully saturated rings. The Morgan fingerprint density at radius 2 is 1.72 bits per heavy atom. The highest BCUT2D eigenvalue weighted by atomic mass is 16.3. The van der Waals surface area contributed by atoms with Crippen LogP contribution >= 0.6 is 0 Å². The summed E-state index contributed by atoms with van der Waals surface area (Å²) in [6.45, 7) is 7.51. The minimum Gasteiger partial charge on any atom is -0.465 e. The summed E-state index contributed by atoms with van der Waals surface area (Å²) in [5.41, 5.74) is 3.71. The highest BCUT2D eigenvalue weighted by Gasteiger charge is 2.27. The Labute approximate surface area is 171 Å². The maximum Gasteiger partial charge on any atom is 0.263 e. The quantitative estimate of drug-likeness (QED) is 0.692. The van der Waals surface area contributed by atoms with Gasteiger partial charge in [-0.1, -0.05) is 20.8 Å². The van der Waals surface area contributed by atoms with E-state index in [9.17, 15) is 14.4 Å². The lowest BCUT2D eigenvalue weighted by Gasteiger charge is -2.17. The van der Waals surface area contributed by atoms with E-state index in [1.165, 1.54) is 0 Å². The third-order valence-corrected chi connectivity index (χ3v) is 5.61. The standard InChI is InChI=1S/C24H29NO4/c1-5-9-20-21(23(27)18-10-8-11-19(18)29-20)24(28)25-22-15(6-2)12-17(14(4)26)13-16(22)7-3/h12-13H,5-11H2,1-4H3,(H,25,28).